The summed E-state index contributed by atoms with van der Waals surface area (Å²) in [5, 5.41) is 9.16. The second kappa shape index (κ2) is 7.80. The van der Waals surface area contributed by atoms with Gasteiger partial charge in [0, 0.05) is 18.5 Å². The smallest absolute Gasteiger partial charge is 0.118 e. The highest BCUT2D eigenvalue weighted by Gasteiger charge is 2.30. The molecule has 0 amide bonds. The number of rotatable bonds is 6. The Morgan fingerprint density at radius 3 is 2.56 bits per heavy atom. The topological polar surface area (TPSA) is 24.8 Å². The molecule has 2 aromatic carbocycles. The molecule has 0 spiro atoms. The van der Waals surface area contributed by atoms with Gasteiger partial charge in [0.2, 0.25) is 0 Å². The average Bonchev–Trinajstić information content (AvgIpc) is 3.39. The molecule has 0 aliphatic carbocycles. The summed E-state index contributed by atoms with van der Waals surface area (Å²) in [6, 6.07) is 23.1. The summed E-state index contributed by atoms with van der Waals surface area (Å²) in [7, 11) is 1.69. The van der Waals surface area contributed by atoms with Crippen molar-refractivity contribution in [3.63, 3.8) is 0 Å². The van der Waals surface area contributed by atoms with Crippen LogP contribution in [0.15, 0.2) is 89.5 Å². The van der Waals surface area contributed by atoms with Crippen LogP contribution in [0.25, 0.3) is 0 Å². The van der Waals surface area contributed by atoms with Gasteiger partial charge in [-0.2, -0.15) is 5.10 Å². The fraction of sp³-hybridized carbons (Fsp3) is 0.174. The quantitative estimate of drug-likeness (QED) is 0.556. The van der Waals surface area contributed by atoms with Crippen LogP contribution >= 0.6 is 11.3 Å². The lowest BCUT2D eigenvalue weighted by molar-refractivity contribution is 0.294. The zero-order valence-corrected chi connectivity index (χ0v) is 16.2. The summed E-state index contributed by atoms with van der Waals surface area (Å²) in [6.45, 7) is 4.35. The number of hydrazone groups is 1. The molecule has 0 saturated carbocycles. The Bertz CT molecular complexity index is 930. The molecule has 0 radical (unpaired) electrons. The molecule has 1 aliphatic rings. The van der Waals surface area contributed by atoms with E-state index in [2.05, 4.69) is 65.5 Å². The molecular weight excluding hydrogens is 352 g/mol. The lowest BCUT2D eigenvalue weighted by Crippen LogP contribution is -2.19. The molecule has 0 fully saturated rings. The molecule has 2 heterocycles. The van der Waals surface area contributed by atoms with E-state index in [-0.39, 0.29) is 6.04 Å². The van der Waals surface area contributed by atoms with Crippen LogP contribution in [0.3, 0.4) is 0 Å². The Balaban J connectivity index is 1.63. The van der Waals surface area contributed by atoms with E-state index in [1.54, 1.807) is 18.4 Å². The second-order valence-electron chi connectivity index (χ2n) is 6.59. The zero-order chi connectivity index (χ0) is 18.6. The molecule has 3 nitrogen and oxygen atoms in total. The van der Waals surface area contributed by atoms with E-state index >= 15 is 0 Å². The van der Waals surface area contributed by atoms with Crippen LogP contribution in [0.2, 0.25) is 0 Å². The minimum absolute atomic E-state index is 0.157. The molecule has 27 heavy (non-hydrogen) atoms. The van der Waals surface area contributed by atoms with Crippen molar-refractivity contribution < 1.29 is 4.74 Å². The van der Waals surface area contributed by atoms with E-state index in [1.807, 2.05) is 18.2 Å². The van der Waals surface area contributed by atoms with Crippen LogP contribution in [0.1, 0.15) is 28.5 Å². The highest BCUT2D eigenvalue weighted by Crippen LogP contribution is 2.37. The van der Waals surface area contributed by atoms with E-state index in [9.17, 15) is 0 Å². The fourth-order valence-electron chi connectivity index (χ4n) is 3.39. The van der Waals surface area contributed by atoms with Crippen molar-refractivity contribution in [3.8, 4) is 5.75 Å². The van der Waals surface area contributed by atoms with Gasteiger partial charge in [-0.3, -0.25) is 5.01 Å². The van der Waals surface area contributed by atoms with E-state index < -0.39 is 0 Å². The van der Waals surface area contributed by atoms with E-state index in [0.717, 1.165) is 30.0 Å². The lowest BCUT2D eigenvalue weighted by atomic mass is 10.00. The minimum atomic E-state index is 0.157. The van der Waals surface area contributed by atoms with Gasteiger partial charge in [-0.05, 0) is 34.7 Å². The van der Waals surface area contributed by atoms with Crippen molar-refractivity contribution in [2.24, 2.45) is 5.10 Å². The summed E-state index contributed by atoms with van der Waals surface area (Å²) in [4.78, 5) is 1.23. The first-order chi connectivity index (χ1) is 13.2. The number of methoxy groups -OCH3 is 1. The number of hydrogen-bond donors (Lipinski definition) is 0. The van der Waals surface area contributed by atoms with Crippen molar-refractivity contribution in [1.82, 2.24) is 5.01 Å². The molecule has 3 aromatic rings. The monoisotopic (exact) mass is 374 g/mol. The molecular formula is C23H22N2OS. The van der Waals surface area contributed by atoms with E-state index in [4.69, 9.17) is 9.84 Å². The predicted molar refractivity (Wildman–Crippen MR) is 112 cm³/mol. The molecule has 136 valence electrons. The first kappa shape index (κ1) is 17.6. The third-order valence-corrected chi connectivity index (χ3v) is 5.71. The van der Waals surface area contributed by atoms with E-state index in [1.165, 1.54) is 16.0 Å². The molecule has 4 rings (SSSR count). The highest BCUT2D eigenvalue weighted by atomic mass is 32.1. The van der Waals surface area contributed by atoms with Gasteiger partial charge in [0.15, 0.2) is 0 Å². The van der Waals surface area contributed by atoms with Crippen LogP contribution in [-0.2, 0) is 6.42 Å². The maximum atomic E-state index is 5.31. The van der Waals surface area contributed by atoms with Crippen molar-refractivity contribution >= 4 is 17.0 Å². The van der Waals surface area contributed by atoms with Gasteiger partial charge in [0.25, 0.3) is 0 Å². The van der Waals surface area contributed by atoms with Crippen LogP contribution < -0.4 is 4.74 Å². The molecule has 0 N–H and O–H groups in total. The van der Waals surface area contributed by atoms with Crippen LogP contribution in [0, 0.1) is 0 Å². The van der Waals surface area contributed by atoms with Gasteiger partial charge >= 0.3 is 0 Å². The molecule has 4 heteroatoms. The first-order valence-electron chi connectivity index (χ1n) is 9.01. The third-order valence-electron chi connectivity index (χ3n) is 4.79. The standard InChI is InChI=1S/C23H22N2OS/c1-17(15-18-7-4-3-5-8-18)25-22(19-10-12-20(26-2)13-11-19)16-21(24-25)23-9-6-14-27-23/h3-14,22H,1,15-16H2,2H3. The first-order valence-corrected chi connectivity index (χ1v) is 9.89. The molecule has 0 saturated heterocycles. The van der Waals surface area contributed by atoms with E-state index in [0.29, 0.717) is 0 Å². The Morgan fingerprint density at radius 2 is 1.89 bits per heavy atom. The second-order valence-corrected chi connectivity index (χ2v) is 7.54. The number of benzene rings is 2. The lowest BCUT2D eigenvalue weighted by Gasteiger charge is -2.26. The normalized spacial score (nSPS) is 16.3. The highest BCUT2D eigenvalue weighted by molar-refractivity contribution is 7.12. The van der Waals surface area contributed by atoms with Gasteiger partial charge in [-0.15, -0.1) is 11.3 Å². The zero-order valence-electron chi connectivity index (χ0n) is 15.3. The SMILES string of the molecule is C=C(Cc1ccccc1)N1N=C(c2cccs2)CC1c1ccc(OC)cc1. The summed E-state index contributed by atoms with van der Waals surface area (Å²) < 4.78 is 5.31. The van der Waals surface area contributed by atoms with Crippen molar-refractivity contribution in [2.45, 2.75) is 18.9 Å². The van der Waals surface area contributed by atoms with Gasteiger partial charge in [-0.1, -0.05) is 55.1 Å². The molecule has 1 atom stereocenters. The van der Waals surface area contributed by atoms with Crippen LogP contribution in [0.5, 0.6) is 5.75 Å². The number of ether oxygens (including phenoxy) is 1. The van der Waals surface area contributed by atoms with Gasteiger partial charge < -0.3 is 4.74 Å². The number of thiophene rings is 1. The summed E-state index contributed by atoms with van der Waals surface area (Å²) in [5.74, 6) is 0.866. The summed E-state index contributed by atoms with van der Waals surface area (Å²) >= 11 is 1.73. The van der Waals surface area contributed by atoms with Gasteiger partial charge in [0.05, 0.1) is 23.7 Å². The molecule has 1 aliphatic heterocycles. The Morgan fingerprint density at radius 1 is 1.11 bits per heavy atom. The predicted octanol–water partition coefficient (Wildman–Crippen LogP) is 5.66. The largest absolute Gasteiger partial charge is 0.497 e. The van der Waals surface area contributed by atoms with Crippen molar-refractivity contribution in [2.75, 3.05) is 7.11 Å². The van der Waals surface area contributed by atoms with Crippen LogP contribution in [-0.4, -0.2) is 17.8 Å². The number of nitrogens with zero attached hydrogens (tertiary/aromatic N) is 2. The molecule has 1 aromatic heterocycles. The van der Waals surface area contributed by atoms with Gasteiger partial charge in [-0.25, -0.2) is 0 Å². The Kier molecular flexibility index (Phi) is 5.07. The fourth-order valence-corrected chi connectivity index (χ4v) is 4.11. The van der Waals surface area contributed by atoms with Crippen molar-refractivity contribution in [1.29, 1.82) is 0 Å². The molecule has 1 unspecified atom stereocenters. The summed E-state index contributed by atoms with van der Waals surface area (Å²) in [5.41, 5.74) is 4.60. The maximum Gasteiger partial charge on any atom is 0.118 e. The Labute approximate surface area is 164 Å². The third kappa shape index (κ3) is 3.81. The number of hydrogen-bond acceptors (Lipinski definition) is 4. The Hall–Kier alpha value is -2.85. The maximum absolute atomic E-state index is 5.31. The van der Waals surface area contributed by atoms with Crippen molar-refractivity contribution in [3.05, 3.63) is 100 Å². The number of allylic oxidation sites excluding steroid dienone is 1. The average molecular weight is 375 g/mol. The minimum Gasteiger partial charge on any atom is -0.497 e. The summed E-state index contributed by atoms with van der Waals surface area (Å²) in [6.07, 6.45) is 1.66. The van der Waals surface area contributed by atoms with Gasteiger partial charge in [0.1, 0.15) is 5.75 Å². The van der Waals surface area contributed by atoms with Crippen LogP contribution in [0.4, 0.5) is 0 Å². The molecule has 0 bridgehead atoms.